The summed E-state index contributed by atoms with van der Waals surface area (Å²) >= 11 is 0. The van der Waals surface area contributed by atoms with Crippen molar-refractivity contribution in [3.63, 3.8) is 0 Å². The fourth-order valence-electron chi connectivity index (χ4n) is 3.13. The van der Waals surface area contributed by atoms with Crippen molar-refractivity contribution in [2.75, 3.05) is 36.0 Å². The molecule has 0 aliphatic carbocycles. The minimum Gasteiger partial charge on any atom is -0.397 e. The molecular weight excluding hydrogens is 360 g/mol. The van der Waals surface area contributed by atoms with E-state index in [1.165, 1.54) is 0 Å². The highest BCUT2D eigenvalue weighted by Gasteiger charge is 2.20. The molecule has 0 aromatic carbocycles. The number of nitroso groups, excluding NO2 is 1. The van der Waals surface area contributed by atoms with Gasteiger partial charge < -0.3 is 21.7 Å². The normalized spacial score (nSPS) is 14.1. The van der Waals surface area contributed by atoms with Crippen LogP contribution in [0.3, 0.4) is 0 Å². The lowest BCUT2D eigenvalue weighted by Gasteiger charge is -2.22. The molecule has 0 unspecified atom stereocenters. The monoisotopic (exact) mass is 380 g/mol. The van der Waals surface area contributed by atoms with Gasteiger partial charge in [-0.1, -0.05) is 0 Å². The molecule has 3 rings (SSSR count). The summed E-state index contributed by atoms with van der Waals surface area (Å²) in [6.07, 6.45) is 0.668. The molecule has 0 radical (unpaired) electrons. The van der Waals surface area contributed by atoms with E-state index in [-0.39, 0.29) is 23.1 Å². The number of nitrogen functional groups attached to an aromatic ring is 2. The van der Waals surface area contributed by atoms with Gasteiger partial charge >= 0.3 is 0 Å². The number of amides is 1. The molecule has 1 aliphatic rings. The van der Waals surface area contributed by atoms with Gasteiger partial charge in [-0.25, -0.2) is 9.97 Å². The predicted octanol–water partition coefficient (Wildman–Crippen LogP) is 1.14. The minimum absolute atomic E-state index is 0.0222. The Labute approximate surface area is 161 Å². The maximum atomic E-state index is 11.6. The highest BCUT2D eigenvalue weighted by Crippen LogP contribution is 2.32. The van der Waals surface area contributed by atoms with Crippen molar-refractivity contribution in [2.24, 2.45) is 5.18 Å². The summed E-state index contributed by atoms with van der Waals surface area (Å²) in [5.41, 5.74) is 14.5. The molecule has 2 aromatic rings. The van der Waals surface area contributed by atoms with E-state index in [0.29, 0.717) is 60.8 Å². The van der Waals surface area contributed by atoms with Gasteiger partial charge in [0.25, 0.3) is 0 Å². The van der Waals surface area contributed by atoms with Crippen molar-refractivity contribution in [3.8, 4) is 6.07 Å². The van der Waals surface area contributed by atoms with Crippen LogP contribution in [-0.4, -0.2) is 35.5 Å². The molecule has 1 aliphatic heterocycles. The summed E-state index contributed by atoms with van der Waals surface area (Å²) in [4.78, 5) is 33.1. The molecule has 0 spiro atoms. The van der Waals surface area contributed by atoms with Gasteiger partial charge in [0.2, 0.25) is 11.7 Å². The van der Waals surface area contributed by atoms with Gasteiger partial charge in [-0.2, -0.15) is 5.26 Å². The molecule has 3 heterocycles. The van der Waals surface area contributed by atoms with Crippen LogP contribution in [0.15, 0.2) is 17.3 Å². The van der Waals surface area contributed by atoms with E-state index in [0.717, 1.165) is 0 Å². The zero-order valence-electron chi connectivity index (χ0n) is 15.4. The van der Waals surface area contributed by atoms with Crippen molar-refractivity contribution in [1.82, 2.24) is 15.3 Å². The number of hydrogen-bond donors (Lipinski definition) is 3. The van der Waals surface area contributed by atoms with Gasteiger partial charge in [-0.3, -0.25) is 4.79 Å². The van der Waals surface area contributed by atoms with Gasteiger partial charge in [-0.05, 0) is 24.2 Å². The Balaban J connectivity index is 1.97. The standard InChI is InChI=1S/C18H20N8O2/c1-10-13(15(20)16(21)17(23-10)25-28)8-12-3-2-11(9-19)18(24-12)26-6-4-14(27)22-5-7-26/h2-3H,4-8,21H2,1H3,(H2,20,23)(H,22,27). The molecule has 1 amide bonds. The van der Waals surface area contributed by atoms with Gasteiger partial charge in [0.1, 0.15) is 17.6 Å². The number of nitrogens with one attached hydrogen (secondary N) is 1. The topological polar surface area (TPSA) is 163 Å². The number of aromatic nitrogens is 2. The average Bonchev–Trinajstić information content (AvgIpc) is 2.92. The van der Waals surface area contributed by atoms with E-state index in [2.05, 4.69) is 26.5 Å². The van der Waals surface area contributed by atoms with Crippen LogP contribution in [0.1, 0.15) is 28.9 Å². The Morgan fingerprint density at radius 1 is 1.29 bits per heavy atom. The van der Waals surface area contributed by atoms with Crippen LogP contribution < -0.4 is 21.7 Å². The Morgan fingerprint density at radius 2 is 2.07 bits per heavy atom. The summed E-state index contributed by atoms with van der Waals surface area (Å²) in [6, 6.07) is 5.59. The molecule has 10 nitrogen and oxygen atoms in total. The second-order valence-electron chi connectivity index (χ2n) is 6.47. The first kappa shape index (κ1) is 19.0. The van der Waals surface area contributed by atoms with Gasteiger partial charge in [0, 0.05) is 49.4 Å². The highest BCUT2D eigenvalue weighted by atomic mass is 16.3. The van der Waals surface area contributed by atoms with Crippen molar-refractivity contribution in [3.05, 3.63) is 39.6 Å². The first-order chi connectivity index (χ1) is 13.4. The molecular formula is C18H20N8O2. The fraction of sp³-hybridized carbons (Fsp3) is 0.333. The van der Waals surface area contributed by atoms with Crippen LogP contribution in [-0.2, 0) is 11.2 Å². The van der Waals surface area contributed by atoms with E-state index in [1.807, 2.05) is 4.90 Å². The van der Waals surface area contributed by atoms with E-state index in [4.69, 9.17) is 11.5 Å². The lowest BCUT2D eigenvalue weighted by molar-refractivity contribution is -0.120. The number of pyridine rings is 2. The molecule has 1 saturated heterocycles. The third kappa shape index (κ3) is 3.68. The van der Waals surface area contributed by atoms with Crippen LogP contribution in [0.5, 0.6) is 0 Å². The van der Waals surface area contributed by atoms with E-state index < -0.39 is 0 Å². The number of aryl methyl sites for hydroxylation is 1. The number of nitrogens with zero attached hydrogens (tertiary/aromatic N) is 5. The Bertz CT molecular complexity index is 983. The quantitative estimate of drug-likeness (QED) is 0.664. The molecule has 2 aromatic heterocycles. The third-order valence-corrected chi connectivity index (χ3v) is 4.68. The number of hydrogen-bond acceptors (Lipinski definition) is 9. The second kappa shape index (κ2) is 7.87. The summed E-state index contributed by atoms with van der Waals surface area (Å²) in [5, 5.41) is 15.0. The van der Waals surface area contributed by atoms with E-state index in [9.17, 15) is 15.0 Å². The van der Waals surface area contributed by atoms with Crippen LogP contribution in [0.4, 0.5) is 23.0 Å². The Hall–Kier alpha value is -3.74. The molecule has 28 heavy (non-hydrogen) atoms. The molecule has 1 fully saturated rings. The SMILES string of the molecule is Cc1nc(N=O)c(N)c(N)c1Cc1ccc(C#N)c(N2CCNC(=O)CC2)n1. The zero-order valence-corrected chi connectivity index (χ0v) is 15.4. The maximum absolute atomic E-state index is 11.6. The lowest BCUT2D eigenvalue weighted by atomic mass is 10.0. The van der Waals surface area contributed by atoms with Crippen molar-refractivity contribution in [1.29, 1.82) is 5.26 Å². The molecule has 144 valence electrons. The zero-order chi connectivity index (χ0) is 20.3. The third-order valence-electron chi connectivity index (χ3n) is 4.68. The summed E-state index contributed by atoms with van der Waals surface area (Å²) < 4.78 is 0. The van der Waals surface area contributed by atoms with Crippen LogP contribution in [0, 0.1) is 23.2 Å². The predicted molar refractivity (Wildman–Crippen MR) is 105 cm³/mol. The summed E-state index contributed by atoms with van der Waals surface area (Å²) in [5.74, 6) is 0.375. The molecule has 5 N–H and O–H groups in total. The second-order valence-corrected chi connectivity index (χ2v) is 6.47. The molecule has 10 heteroatoms. The summed E-state index contributed by atoms with van der Waals surface area (Å²) in [6.45, 7) is 3.25. The van der Waals surface area contributed by atoms with Crippen molar-refractivity contribution in [2.45, 2.75) is 19.8 Å². The summed E-state index contributed by atoms with van der Waals surface area (Å²) in [7, 11) is 0. The number of nitriles is 1. The van der Waals surface area contributed by atoms with E-state index in [1.54, 1.807) is 19.1 Å². The van der Waals surface area contributed by atoms with Gasteiger partial charge in [0.15, 0.2) is 0 Å². The minimum atomic E-state index is -0.131. The van der Waals surface area contributed by atoms with Gasteiger partial charge in [-0.15, -0.1) is 4.91 Å². The molecule has 0 atom stereocenters. The first-order valence-electron chi connectivity index (χ1n) is 8.74. The van der Waals surface area contributed by atoms with Crippen LogP contribution >= 0.6 is 0 Å². The number of nitrogens with two attached hydrogens (primary N) is 2. The van der Waals surface area contributed by atoms with Crippen molar-refractivity contribution >= 4 is 28.9 Å². The number of carbonyl (C=O) groups excluding carboxylic acids is 1. The Morgan fingerprint density at radius 3 is 2.79 bits per heavy atom. The lowest BCUT2D eigenvalue weighted by Crippen LogP contribution is -2.29. The Kier molecular flexibility index (Phi) is 5.35. The largest absolute Gasteiger partial charge is 0.397 e. The van der Waals surface area contributed by atoms with E-state index >= 15 is 0 Å². The van der Waals surface area contributed by atoms with Crippen LogP contribution in [0.25, 0.3) is 0 Å². The molecule has 0 saturated carbocycles. The van der Waals surface area contributed by atoms with Gasteiger partial charge in [0.05, 0.1) is 11.3 Å². The average molecular weight is 380 g/mol. The highest BCUT2D eigenvalue weighted by molar-refractivity contribution is 5.78. The molecule has 0 bridgehead atoms. The van der Waals surface area contributed by atoms with Crippen LogP contribution in [0.2, 0.25) is 0 Å². The number of carbonyl (C=O) groups is 1. The van der Waals surface area contributed by atoms with Crippen molar-refractivity contribution < 1.29 is 4.79 Å². The first-order valence-corrected chi connectivity index (χ1v) is 8.74. The maximum Gasteiger partial charge on any atom is 0.222 e. The number of rotatable bonds is 4. The number of anilines is 3. The fourth-order valence-corrected chi connectivity index (χ4v) is 3.13. The smallest absolute Gasteiger partial charge is 0.222 e.